The number of aliphatic carboxylic acids is 1. The fraction of sp³-hybridized carbons (Fsp3) is 0.160. The molecule has 3 aromatic rings. The van der Waals surface area contributed by atoms with E-state index >= 15 is 0 Å². The van der Waals surface area contributed by atoms with Crippen LogP contribution in [0.4, 0.5) is 0 Å². The summed E-state index contributed by atoms with van der Waals surface area (Å²) in [5.41, 5.74) is 3.88. The van der Waals surface area contributed by atoms with Gasteiger partial charge in [0.1, 0.15) is 12.4 Å². The molecule has 0 aliphatic carbocycles. The molecule has 3 aromatic carbocycles. The molecule has 0 amide bonds. The van der Waals surface area contributed by atoms with Crippen molar-refractivity contribution in [3.05, 3.63) is 107 Å². The molecule has 5 heteroatoms. The van der Waals surface area contributed by atoms with Crippen molar-refractivity contribution < 1.29 is 19.4 Å². The minimum absolute atomic E-state index is 0.302. The number of carboxylic acids is 1. The summed E-state index contributed by atoms with van der Waals surface area (Å²) in [6.45, 7) is 0.366. The first kappa shape index (κ1) is 21.6. The maximum absolute atomic E-state index is 11.1. The number of methoxy groups -OCH3 is 1. The van der Waals surface area contributed by atoms with Gasteiger partial charge in [0.05, 0.1) is 0 Å². The Balaban J connectivity index is 1.73. The van der Waals surface area contributed by atoms with Crippen LogP contribution < -0.4 is 4.74 Å². The molecular formula is C25H23ClO4. The lowest BCUT2D eigenvalue weighted by atomic mass is 9.97. The highest BCUT2D eigenvalue weighted by atomic mass is 35.5. The van der Waals surface area contributed by atoms with Gasteiger partial charge in [-0.15, -0.1) is 0 Å². The van der Waals surface area contributed by atoms with E-state index in [0.29, 0.717) is 23.8 Å². The highest BCUT2D eigenvalue weighted by Gasteiger charge is 2.16. The maximum atomic E-state index is 11.1. The summed E-state index contributed by atoms with van der Waals surface area (Å²) in [4.78, 5) is 11.1. The van der Waals surface area contributed by atoms with Crippen molar-refractivity contribution in [3.63, 3.8) is 0 Å². The summed E-state index contributed by atoms with van der Waals surface area (Å²) in [6, 6.07) is 25.1. The van der Waals surface area contributed by atoms with Crippen LogP contribution in [0.2, 0.25) is 5.02 Å². The molecule has 0 aliphatic rings. The number of halogens is 1. The van der Waals surface area contributed by atoms with E-state index in [1.165, 1.54) is 7.11 Å². The van der Waals surface area contributed by atoms with Crippen LogP contribution in [-0.2, 0) is 16.0 Å². The Morgan fingerprint density at radius 2 is 1.67 bits per heavy atom. The van der Waals surface area contributed by atoms with E-state index in [0.717, 1.165) is 22.3 Å². The second kappa shape index (κ2) is 10.6. The second-order valence-corrected chi connectivity index (χ2v) is 7.09. The fourth-order valence-corrected chi connectivity index (χ4v) is 3.35. The van der Waals surface area contributed by atoms with Crippen molar-refractivity contribution in [2.45, 2.75) is 12.5 Å². The van der Waals surface area contributed by atoms with E-state index in [1.54, 1.807) is 0 Å². The van der Waals surface area contributed by atoms with Crippen molar-refractivity contribution >= 4 is 23.1 Å². The second-order valence-electron chi connectivity index (χ2n) is 6.69. The molecule has 1 N–H and O–H groups in total. The van der Waals surface area contributed by atoms with Crippen LogP contribution in [0.25, 0.3) is 5.57 Å². The largest absolute Gasteiger partial charge is 0.490 e. The van der Waals surface area contributed by atoms with E-state index in [4.69, 9.17) is 26.2 Å². The third-order valence-electron chi connectivity index (χ3n) is 4.69. The van der Waals surface area contributed by atoms with Crippen LogP contribution >= 0.6 is 11.6 Å². The van der Waals surface area contributed by atoms with Crippen LogP contribution in [0, 0.1) is 0 Å². The van der Waals surface area contributed by atoms with Crippen LogP contribution in [-0.4, -0.2) is 30.9 Å². The molecule has 0 saturated carbocycles. The number of hydrogen-bond donors (Lipinski definition) is 1. The maximum Gasteiger partial charge on any atom is 0.333 e. The number of carbonyl (C=O) groups is 1. The first-order valence-electron chi connectivity index (χ1n) is 9.56. The Kier molecular flexibility index (Phi) is 7.66. The van der Waals surface area contributed by atoms with Gasteiger partial charge in [0.15, 0.2) is 6.10 Å². The normalized spacial score (nSPS) is 12.4. The Labute approximate surface area is 181 Å². The summed E-state index contributed by atoms with van der Waals surface area (Å²) in [6.07, 6.45) is 1.45. The third kappa shape index (κ3) is 5.72. The molecule has 0 saturated heterocycles. The quantitative estimate of drug-likeness (QED) is 0.495. The summed E-state index contributed by atoms with van der Waals surface area (Å²) in [7, 11) is 1.39. The van der Waals surface area contributed by atoms with Crippen molar-refractivity contribution in [1.29, 1.82) is 0 Å². The molecular weight excluding hydrogens is 400 g/mol. The van der Waals surface area contributed by atoms with Crippen molar-refractivity contribution in [2.24, 2.45) is 0 Å². The zero-order valence-electron chi connectivity index (χ0n) is 16.6. The van der Waals surface area contributed by atoms with Gasteiger partial charge < -0.3 is 14.6 Å². The SMILES string of the molecule is COC(Cc1ccc(OC/C=C(\c2ccccc2)c2ccccc2Cl)cc1)C(=O)O. The zero-order valence-corrected chi connectivity index (χ0v) is 17.4. The minimum Gasteiger partial charge on any atom is -0.490 e. The van der Waals surface area contributed by atoms with E-state index in [-0.39, 0.29) is 0 Å². The smallest absolute Gasteiger partial charge is 0.333 e. The lowest BCUT2D eigenvalue weighted by Gasteiger charge is -2.12. The van der Waals surface area contributed by atoms with Gasteiger partial charge in [0.25, 0.3) is 0 Å². The van der Waals surface area contributed by atoms with Gasteiger partial charge in [-0.25, -0.2) is 4.79 Å². The molecule has 3 rings (SSSR count). The Morgan fingerprint density at radius 3 is 2.30 bits per heavy atom. The monoisotopic (exact) mass is 422 g/mol. The summed E-state index contributed by atoms with van der Waals surface area (Å²) < 4.78 is 10.9. The predicted molar refractivity (Wildman–Crippen MR) is 119 cm³/mol. The van der Waals surface area contributed by atoms with Crippen molar-refractivity contribution in [2.75, 3.05) is 13.7 Å². The molecule has 1 unspecified atom stereocenters. The Bertz CT molecular complexity index is 997. The molecule has 0 bridgehead atoms. The van der Waals surface area contributed by atoms with Crippen molar-refractivity contribution in [1.82, 2.24) is 0 Å². The first-order valence-corrected chi connectivity index (χ1v) is 9.94. The average molecular weight is 423 g/mol. The molecule has 30 heavy (non-hydrogen) atoms. The van der Waals surface area contributed by atoms with Gasteiger partial charge in [-0.2, -0.15) is 0 Å². The van der Waals surface area contributed by atoms with Gasteiger partial charge >= 0.3 is 5.97 Å². The van der Waals surface area contributed by atoms with Gasteiger partial charge in [-0.1, -0.05) is 72.3 Å². The van der Waals surface area contributed by atoms with E-state index < -0.39 is 12.1 Å². The third-order valence-corrected chi connectivity index (χ3v) is 5.02. The van der Waals surface area contributed by atoms with Crippen LogP contribution in [0.15, 0.2) is 84.9 Å². The lowest BCUT2D eigenvalue weighted by Crippen LogP contribution is -2.24. The highest BCUT2D eigenvalue weighted by molar-refractivity contribution is 6.32. The Morgan fingerprint density at radius 1 is 1.00 bits per heavy atom. The van der Waals surface area contributed by atoms with Gasteiger partial charge in [0, 0.05) is 24.1 Å². The molecule has 4 nitrogen and oxygen atoms in total. The molecule has 0 aromatic heterocycles. The number of carboxylic acid groups (broad SMARTS) is 1. The minimum atomic E-state index is -0.976. The van der Waals surface area contributed by atoms with Crippen LogP contribution in [0.1, 0.15) is 16.7 Å². The predicted octanol–water partition coefficient (Wildman–Crippen LogP) is 5.49. The Hall–Kier alpha value is -3.08. The fourth-order valence-electron chi connectivity index (χ4n) is 3.11. The van der Waals surface area contributed by atoms with Crippen molar-refractivity contribution in [3.8, 4) is 5.75 Å². The number of ether oxygens (including phenoxy) is 2. The topological polar surface area (TPSA) is 55.8 Å². The van der Waals surface area contributed by atoms with Gasteiger partial charge in [-0.3, -0.25) is 0 Å². The molecule has 0 fully saturated rings. The molecule has 0 aliphatic heterocycles. The standard InChI is InChI=1S/C25H23ClO4/c1-29-24(25(27)28)17-18-11-13-20(14-12-18)30-16-15-21(19-7-3-2-4-8-19)22-9-5-6-10-23(22)26/h2-15,24H,16-17H2,1H3,(H,27,28)/b21-15+. The van der Waals surface area contributed by atoms with Gasteiger partial charge in [0.2, 0.25) is 0 Å². The molecule has 0 heterocycles. The van der Waals surface area contributed by atoms with E-state index in [1.807, 2.05) is 84.9 Å². The molecule has 0 radical (unpaired) electrons. The zero-order chi connectivity index (χ0) is 21.3. The average Bonchev–Trinajstić information content (AvgIpc) is 2.77. The van der Waals surface area contributed by atoms with Gasteiger partial charge in [-0.05, 0) is 41.0 Å². The van der Waals surface area contributed by atoms with E-state index in [9.17, 15) is 4.79 Å². The number of rotatable bonds is 9. The molecule has 1 atom stereocenters. The first-order chi connectivity index (χ1) is 14.6. The lowest BCUT2D eigenvalue weighted by molar-refractivity contribution is -0.148. The highest BCUT2D eigenvalue weighted by Crippen LogP contribution is 2.29. The van der Waals surface area contributed by atoms with Crippen LogP contribution in [0.5, 0.6) is 5.75 Å². The number of benzene rings is 3. The van der Waals surface area contributed by atoms with E-state index in [2.05, 4.69) is 0 Å². The molecule has 0 spiro atoms. The summed E-state index contributed by atoms with van der Waals surface area (Å²) >= 11 is 6.42. The summed E-state index contributed by atoms with van der Waals surface area (Å²) in [5, 5.41) is 9.78. The molecule has 154 valence electrons. The summed E-state index contributed by atoms with van der Waals surface area (Å²) in [5.74, 6) is -0.276. The number of hydrogen-bond acceptors (Lipinski definition) is 3. The van der Waals surface area contributed by atoms with Crippen LogP contribution in [0.3, 0.4) is 0 Å².